The second kappa shape index (κ2) is 7.80. The lowest BCUT2D eigenvalue weighted by atomic mass is 9.89. The molecule has 29 heavy (non-hydrogen) atoms. The number of rotatable bonds is 5. The van der Waals surface area contributed by atoms with E-state index in [-0.39, 0.29) is 28.4 Å². The summed E-state index contributed by atoms with van der Waals surface area (Å²) in [7, 11) is 0.304. The highest BCUT2D eigenvalue weighted by Gasteiger charge is 2.31. The van der Waals surface area contributed by atoms with Gasteiger partial charge in [-0.15, -0.1) is 0 Å². The van der Waals surface area contributed by atoms with Crippen LogP contribution in [-0.2, 0) is 19.6 Å². The third-order valence-corrected chi connectivity index (χ3v) is 6.40. The van der Waals surface area contributed by atoms with Gasteiger partial charge in [0.05, 0.1) is 13.0 Å². The Morgan fingerprint density at radius 1 is 1.24 bits per heavy atom. The van der Waals surface area contributed by atoms with E-state index < -0.39 is 33.6 Å². The minimum Gasteiger partial charge on any atom is -0.495 e. The number of amides is 2. The van der Waals surface area contributed by atoms with Gasteiger partial charge in [0.25, 0.3) is 0 Å². The number of carbonyl (C=O) groups is 2. The zero-order chi connectivity index (χ0) is 21.3. The van der Waals surface area contributed by atoms with Gasteiger partial charge in [-0.2, -0.15) is 0 Å². The van der Waals surface area contributed by atoms with E-state index in [1.165, 1.54) is 51.5 Å². The fraction of sp³-hybridized carbons (Fsp3) is 0.263. The number of carbonyl (C=O) groups excluding carboxylic acids is 2. The normalized spacial score (nSPS) is 16.2. The molecule has 0 fully saturated rings. The zero-order valence-corrected chi connectivity index (χ0v) is 16.8. The van der Waals surface area contributed by atoms with Crippen molar-refractivity contribution in [3.63, 3.8) is 0 Å². The summed E-state index contributed by atoms with van der Waals surface area (Å²) in [6.45, 7) is 0. The molecule has 1 aliphatic rings. The standard InChI is InChI=1S/C19H20FN3O5S/c1-23(2)29(26,27)17-9-12(5-7-16(17)28-3)21-19(25)14-10-18(24)22-15-8-11(20)4-6-13(14)15/h4-9,14H,10H2,1-3H3,(H,21,25)(H,22,24). The van der Waals surface area contributed by atoms with Gasteiger partial charge in [0.1, 0.15) is 16.5 Å². The van der Waals surface area contributed by atoms with Crippen LogP contribution in [0.25, 0.3) is 0 Å². The molecule has 0 spiro atoms. The van der Waals surface area contributed by atoms with Crippen molar-refractivity contribution in [1.82, 2.24) is 4.31 Å². The average molecular weight is 421 g/mol. The second-order valence-corrected chi connectivity index (χ2v) is 8.80. The van der Waals surface area contributed by atoms with Crippen molar-refractivity contribution >= 4 is 33.2 Å². The molecule has 0 radical (unpaired) electrons. The summed E-state index contributed by atoms with van der Waals surface area (Å²) in [6.07, 6.45) is -0.108. The van der Waals surface area contributed by atoms with E-state index in [1.54, 1.807) is 0 Å². The zero-order valence-electron chi connectivity index (χ0n) is 16.0. The predicted octanol–water partition coefficient (Wildman–Crippen LogP) is 2.15. The lowest BCUT2D eigenvalue weighted by Gasteiger charge is -2.25. The van der Waals surface area contributed by atoms with E-state index in [1.807, 2.05) is 0 Å². The Hall–Kier alpha value is -2.98. The minimum atomic E-state index is -3.81. The quantitative estimate of drug-likeness (QED) is 0.770. The first-order valence-corrected chi connectivity index (χ1v) is 10.1. The molecule has 2 N–H and O–H groups in total. The van der Waals surface area contributed by atoms with Crippen molar-refractivity contribution in [3.05, 3.63) is 47.8 Å². The highest BCUT2D eigenvalue weighted by molar-refractivity contribution is 7.89. The van der Waals surface area contributed by atoms with E-state index in [2.05, 4.69) is 10.6 Å². The molecule has 0 saturated heterocycles. The number of fused-ring (bicyclic) bond motifs is 1. The number of hydrogen-bond donors (Lipinski definition) is 2. The molecule has 10 heteroatoms. The molecule has 0 aliphatic carbocycles. The van der Waals surface area contributed by atoms with E-state index in [0.717, 1.165) is 10.4 Å². The van der Waals surface area contributed by atoms with Crippen LogP contribution in [0, 0.1) is 5.82 Å². The summed E-state index contributed by atoms with van der Waals surface area (Å²) in [6, 6.07) is 8.04. The molecule has 154 valence electrons. The summed E-state index contributed by atoms with van der Waals surface area (Å²) in [5, 5.41) is 5.18. The molecule has 8 nitrogen and oxygen atoms in total. The maximum absolute atomic E-state index is 13.5. The highest BCUT2D eigenvalue weighted by atomic mass is 32.2. The topological polar surface area (TPSA) is 105 Å². The minimum absolute atomic E-state index is 0.105. The Balaban J connectivity index is 1.93. The first-order valence-electron chi connectivity index (χ1n) is 8.64. The number of sulfonamides is 1. The van der Waals surface area contributed by atoms with Gasteiger partial charge < -0.3 is 15.4 Å². The van der Waals surface area contributed by atoms with Crippen molar-refractivity contribution in [3.8, 4) is 5.75 Å². The highest BCUT2D eigenvalue weighted by Crippen LogP contribution is 2.34. The van der Waals surface area contributed by atoms with Crippen LogP contribution < -0.4 is 15.4 Å². The average Bonchev–Trinajstić information content (AvgIpc) is 2.66. The Kier molecular flexibility index (Phi) is 5.58. The maximum atomic E-state index is 13.5. The summed E-state index contributed by atoms with van der Waals surface area (Å²) in [5.41, 5.74) is 0.955. The van der Waals surface area contributed by atoms with Crippen LogP contribution in [0.4, 0.5) is 15.8 Å². The molecule has 0 aromatic heterocycles. The van der Waals surface area contributed by atoms with Crippen molar-refractivity contribution in [2.24, 2.45) is 0 Å². The lowest BCUT2D eigenvalue weighted by Crippen LogP contribution is -2.31. The number of benzene rings is 2. The van der Waals surface area contributed by atoms with Gasteiger partial charge in [-0.05, 0) is 35.9 Å². The van der Waals surface area contributed by atoms with Gasteiger partial charge in [0.2, 0.25) is 21.8 Å². The molecule has 3 rings (SSSR count). The van der Waals surface area contributed by atoms with E-state index in [0.29, 0.717) is 5.56 Å². The van der Waals surface area contributed by atoms with Gasteiger partial charge in [0, 0.05) is 31.9 Å². The van der Waals surface area contributed by atoms with E-state index in [9.17, 15) is 22.4 Å². The molecule has 1 heterocycles. The molecule has 2 aromatic rings. The summed E-state index contributed by atoms with van der Waals surface area (Å²) < 4.78 is 44.7. The molecule has 1 unspecified atom stereocenters. The molecule has 1 atom stereocenters. The number of ether oxygens (including phenoxy) is 1. The second-order valence-electron chi connectivity index (χ2n) is 6.68. The smallest absolute Gasteiger partial charge is 0.246 e. The molecule has 2 amide bonds. The molecule has 0 bridgehead atoms. The largest absolute Gasteiger partial charge is 0.495 e. The monoisotopic (exact) mass is 421 g/mol. The number of hydrogen-bond acceptors (Lipinski definition) is 5. The SMILES string of the molecule is COc1ccc(NC(=O)C2CC(=O)Nc3cc(F)ccc32)cc1S(=O)(=O)N(C)C. The van der Waals surface area contributed by atoms with E-state index in [4.69, 9.17) is 4.74 Å². The van der Waals surface area contributed by atoms with Crippen LogP contribution in [0.15, 0.2) is 41.3 Å². The van der Waals surface area contributed by atoms with Gasteiger partial charge >= 0.3 is 0 Å². The van der Waals surface area contributed by atoms with Gasteiger partial charge in [-0.3, -0.25) is 9.59 Å². The van der Waals surface area contributed by atoms with Crippen LogP contribution in [0.5, 0.6) is 5.75 Å². The summed E-state index contributed by atoms with van der Waals surface area (Å²) >= 11 is 0. The van der Waals surface area contributed by atoms with Crippen LogP contribution in [0.3, 0.4) is 0 Å². The van der Waals surface area contributed by atoms with Gasteiger partial charge in [0.15, 0.2) is 0 Å². The fourth-order valence-electron chi connectivity index (χ4n) is 3.05. The van der Waals surface area contributed by atoms with E-state index >= 15 is 0 Å². The number of nitrogens with zero attached hydrogens (tertiary/aromatic N) is 1. The Morgan fingerprint density at radius 3 is 2.62 bits per heavy atom. The number of halogens is 1. The number of nitrogens with one attached hydrogen (secondary N) is 2. The number of methoxy groups -OCH3 is 1. The summed E-state index contributed by atoms with van der Waals surface area (Å²) in [5.74, 6) is -2.15. The molecule has 2 aromatic carbocycles. The molecule has 0 saturated carbocycles. The van der Waals surface area contributed by atoms with Gasteiger partial charge in [-0.25, -0.2) is 17.1 Å². The molecule has 1 aliphatic heterocycles. The first kappa shape index (κ1) is 20.7. The Bertz CT molecular complexity index is 1090. The third-order valence-electron chi connectivity index (χ3n) is 4.56. The predicted molar refractivity (Wildman–Crippen MR) is 105 cm³/mol. The third kappa shape index (κ3) is 4.08. The first-order chi connectivity index (χ1) is 13.6. The van der Waals surface area contributed by atoms with Crippen LogP contribution in [0.1, 0.15) is 17.9 Å². The Labute approximate surface area is 167 Å². The maximum Gasteiger partial charge on any atom is 0.246 e. The van der Waals surface area contributed by atoms with Crippen LogP contribution in [0.2, 0.25) is 0 Å². The fourth-order valence-corrected chi connectivity index (χ4v) is 4.13. The van der Waals surface area contributed by atoms with Crippen molar-refractivity contribution in [2.45, 2.75) is 17.2 Å². The lowest BCUT2D eigenvalue weighted by molar-refractivity contribution is -0.123. The van der Waals surface area contributed by atoms with Gasteiger partial charge in [-0.1, -0.05) is 6.07 Å². The Morgan fingerprint density at radius 2 is 1.97 bits per heavy atom. The molecular formula is C19H20FN3O5S. The number of anilines is 2. The van der Waals surface area contributed by atoms with Crippen molar-refractivity contribution < 1.29 is 27.1 Å². The van der Waals surface area contributed by atoms with Crippen molar-refractivity contribution in [1.29, 1.82) is 0 Å². The van der Waals surface area contributed by atoms with Crippen molar-refractivity contribution in [2.75, 3.05) is 31.8 Å². The van der Waals surface area contributed by atoms with Crippen LogP contribution >= 0.6 is 0 Å². The van der Waals surface area contributed by atoms with Crippen LogP contribution in [-0.4, -0.2) is 45.7 Å². The molecular weight excluding hydrogens is 401 g/mol. The summed E-state index contributed by atoms with van der Waals surface area (Å²) in [4.78, 5) is 24.7.